The van der Waals surface area contributed by atoms with Gasteiger partial charge in [-0.25, -0.2) is 0 Å². The molecule has 0 radical (unpaired) electrons. The van der Waals surface area contributed by atoms with Gasteiger partial charge in [0.05, 0.1) is 7.11 Å². The number of para-hydroxylation sites is 1. The number of aromatic amines is 1. The molecule has 0 atom stereocenters. The molecule has 1 heterocycles. The topological polar surface area (TPSA) is 25.0 Å². The Morgan fingerprint density at radius 2 is 1.95 bits per heavy atom. The standard InChI is InChI=1S/C16H14ClNO/c1-19-16-5-3-2-4-11(16)8-12-10-18-15-7-6-13(17)9-14(12)15/h2-7,9-10,18H,8H2,1H3. The molecule has 3 rings (SSSR count). The van der Waals surface area contributed by atoms with Crippen molar-refractivity contribution in [3.63, 3.8) is 0 Å². The summed E-state index contributed by atoms with van der Waals surface area (Å²) in [6.45, 7) is 0. The average Bonchev–Trinajstić information content (AvgIpc) is 2.82. The maximum atomic E-state index is 6.07. The van der Waals surface area contributed by atoms with Crippen LogP contribution in [0.15, 0.2) is 48.7 Å². The molecule has 0 fully saturated rings. The second-order valence-corrected chi connectivity index (χ2v) is 4.93. The van der Waals surface area contributed by atoms with Crippen LogP contribution in [0.1, 0.15) is 11.1 Å². The maximum absolute atomic E-state index is 6.07. The predicted octanol–water partition coefficient (Wildman–Crippen LogP) is 4.42. The van der Waals surface area contributed by atoms with Crippen molar-refractivity contribution < 1.29 is 4.74 Å². The summed E-state index contributed by atoms with van der Waals surface area (Å²) in [6.07, 6.45) is 2.86. The zero-order valence-corrected chi connectivity index (χ0v) is 11.4. The summed E-state index contributed by atoms with van der Waals surface area (Å²) in [5.41, 5.74) is 3.50. The summed E-state index contributed by atoms with van der Waals surface area (Å²) in [5, 5.41) is 1.92. The number of hydrogen-bond donors (Lipinski definition) is 1. The van der Waals surface area contributed by atoms with Crippen molar-refractivity contribution in [2.75, 3.05) is 7.11 Å². The van der Waals surface area contributed by atoms with E-state index in [0.717, 1.165) is 22.7 Å². The first-order chi connectivity index (χ1) is 9.28. The Bertz CT molecular complexity index is 718. The second-order valence-electron chi connectivity index (χ2n) is 4.49. The van der Waals surface area contributed by atoms with Crippen molar-refractivity contribution in [3.05, 3.63) is 64.8 Å². The Morgan fingerprint density at radius 1 is 1.11 bits per heavy atom. The monoisotopic (exact) mass is 271 g/mol. The first kappa shape index (κ1) is 12.1. The van der Waals surface area contributed by atoms with Gasteiger partial charge in [0.15, 0.2) is 0 Å². The third kappa shape index (κ3) is 2.32. The Labute approximate surface area is 117 Å². The van der Waals surface area contributed by atoms with E-state index in [0.29, 0.717) is 0 Å². The second kappa shape index (κ2) is 4.98. The van der Waals surface area contributed by atoms with Gasteiger partial charge in [0, 0.05) is 28.5 Å². The van der Waals surface area contributed by atoms with E-state index in [1.807, 2.05) is 42.6 Å². The van der Waals surface area contributed by atoms with E-state index in [4.69, 9.17) is 16.3 Å². The highest BCUT2D eigenvalue weighted by Crippen LogP contribution is 2.27. The maximum Gasteiger partial charge on any atom is 0.122 e. The van der Waals surface area contributed by atoms with Crippen LogP contribution in [0.3, 0.4) is 0 Å². The van der Waals surface area contributed by atoms with Crippen molar-refractivity contribution in [3.8, 4) is 5.75 Å². The van der Waals surface area contributed by atoms with Gasteiger partial charge in [-0.2, -0.15) is 0 Å². The molecule has 0 aliphatic rings. The normalized spacial score (nSPS) is 10.8. The lowest BCUT2D eigenvalue weighted by molar-refractivity contribution is 0.410. The summed E-state index contributed by atoms with van der Waals surface area (Å²) in [5.74, 6) is 0.916. The van der Waals surface area contributed by atoms with Gasteiger partial charge in [0.2, 0.25) is 0 Å². The Hall–Kier alpha value is -1.93. The number of rotatable bonds is 3. The Balaban J connectivity index is 2.03. The molecule has 1 aromatic heterocycles. The number of methoxy groups -OCH3 is 1. The zero-order chi connectivity index (χ0) is 13.2. The van der Waals surface area contributed by atoms with Crippen molar-refractivity contribution in [2.24, 2.45) is 0 Å². The largest absolute Gasteiger partial charge is 0.496 e. The molecule has 0 aliphatic heterocycles. The van der Waals surface area contributed by atoms with Gasteiger partial charge >= 0.3 is 0 Å². The van der Waals surface area contributed by atoms with E-state index in [1.54, 1.807) is 7.11 Å². The lowest BCUT2D eigenvalue weighted by atomic mass is 10.0. The van der Waals surface area contributed by atoms with E-state index in [9.17, 15) is 0 Å². The molecule has 0 saturated heterocycles. The zero-order valence-electron chi connectivity index (χ0n) is 10.6. The average molecular weight is 272 g/mol. The van der Waals surface area contributed by atoms with E-state index >= 15 is 0 Å². The molecule has 2 nitrogen and oxygen atoms in total. The number of halogens is 1. The fraction of sp³-hybridized carbons (Fsp3) is 0.125. The Kier molecular flexibility index (Phi) is 3.18. The fourth-order valence-electron chi connectivity index (χ4n) is 2.35. The first-order valence-corrected chi connectivity index (χ1v) is 6.53. The minimum Gasteiger partial charge on any atom is -0.496 e. The first-order valence-electron chi connectivity index (χ1n) is 6.15. The van der Waals surface area contributed by atoms with Gasteiger partial charge < -0.3 is 9.72 Å². The number of fused-ring (bicyclic) bond motifs is 1. The smallest absolute Gasteiger partial charge is 0.122 e. The minimum absolute atomic E-state index is 0.758. The molecule has 0 saturated carbocycles. The van der Waals surface area contributed by atoms with Crippen molar-refractivity contribution in [1.82, 2.24) is 4.98 Å². The minimum atomic E-state index is 0.758. The molecule has 0 unspecified atom stereocenters. The van der Waals surface area contributed by atoms with Gasteiger partial charge in [-0.3, -0.25) is 0 Å². The molecule has 0 spiro atoms. The van der Waals surface area contributed by atoms with Crippen molar-refractivity contribution in [2.45, 2.75) is 6.42 Å². The summed E-state index contributed by atoms with van der Waals surface area (Å²) in [4.78, 5) is 3.27. The van der Waals surface area contributed by atoms with Gasteiger partial charge in [-0.15, -0.1) is 0 Å². The highest BCUT2D eigenvalue weighted by Gasteiger charge is 2.08. The van der Waals surface area contributed by atoms with Gasteiger partial charge in [0.1, 0.15) is 5.75 Å². The third-order valence-electron chi connectivity index (χ3n) is 3.30. The molecule has 3 aromatic rings. The molecule has 0 amide bonds. The molecular formula is C16H14ClNO. The molecular weight excluding hydrogens is 258 g/mol. The van der Waals surface area contributed by atoms with Crippen LogP contribution < -0.4 is 4.74 Å². The lowest BCUT2D eigenvalue weighted by Gasteiger charge is -2.07. The van der Waals surface area contributed by atoms with Gasteiger partial charge in [0.25, 0.3) is 0 Å². The van der Waals surface area contributed by atoms with Crippen LogP contribution in [0, 0.1) is 0 Å². The van der Waals surface area contributed by atoms with Crippen molar-refractivity contribution >= 4 is 22.5 Å². The summed E-state index contributed by atoms with van der Waals surface area (Å²) < 4.78 is 5.39. The summed E-state index contributed by atoms with van der Waals surface area (Å²) in [6, 6.07) is 14.0. The van der Waals surface area contributed by atoms with Crippen LogP contribution >= 0.6 is 11.6 Å². The summed E-state index contributed by atoms with van der Waals surface area (Å²) in [7, 11) is 1.70. The van der Waals surface area contributed by atoms with E-state index in [-0.39, 0.29) is 0 Å². The summed E-state index contributed by atoms with van der Waals surface area (Å²) >= 11 is 6.07. The lowest BCUT2D eigenvalue weighted by Crippen LogP contribution is -1.92. The van der Waals surface area contributed by atoms with Crippen LogP contribution in [0.2, 0.25) is 5.02 Å². The quantitative estimate of drug-likeness (QED) is 0.749. The molecule has 0 aliphatic carbocycles. The number of aromatic nitrogens is 1. The van der Waals surface area contributed by atoms with E-state index in [2.05, 4.69) is 11.1 Å². The van der Waals surface area contributed by atoms with Gasteiger partial charge in [-0.1, -0.05) is 29.8 Å². The third-order valence-corrected chi connectivity index (χ3v) is 3.54. The van der Waals surface area contributed by atoms with Gasteiger partial charge in [-0.05, 0) is 35.4 Å². The van der Waals surface area contributed by atoms with Crippen LogP contribution in [0.5, 0.6) is 5.75 Å². The molecule has 1 N–H and O–H groups in total. The van der Waals surface area contributed by atoms with Crippen molar-refractivity contribution in [1.29, 1.82) is 0 Å². The number of H-pyrrole nitrogens is 1. The predicted molar refractivity (Wildman–Crippen MR) is 79.1 cm³/mol. The van der Waals surface area contributed by atoms with Crippen LogP contribution in [-0.4, -0.2) is 12.1 Å². The number of nitrogens with one attached hydrogen (secondary N) is 1. The highest BCUT2D eigenvalue weighted by atomic mass is 35.5. The number of benzene rings is 2. The highest BCUT2D eigenvalue weighted by molar-refractivity contribution is 6.31. The SMILES string of the molecule is COc1ccccc1Cc1c[nH]c2ccc(Cl)cc12. The molecule has 0 bridgehead atoms. The molecule has 19 heavy (non-hydrogen) atoms. The van der Waals surface area contributed by atoms with E-state index < -0.39 is 0 Å². The molecule has 3 heteroatoms. The number of ether oxygens (including phenoxy) is 1. The van der Waals surface area contributed by atoms with Crippen LogP contribution in [-0.2, 0) is 6.42 Å². The number of hydrogen-bond acceptors (Lipinski definition) is 1. The molecule has 96 valence electrons. The fourth-order valence-corrected chi connectivity index (χ4v) is 2.52. The molecule has 2 aromatic carbocycles. The van der Waals surface area contributed by atoms with E-state index in [1.165, 1.54) is 16.5 Å². The Morgan fingerprint density at radius 3 is 2.79 bits per heavy atom. The van der Waals surface area contributed by atoms with Crippen LogP contribution in [0.25, 0.3) is 10.9 Å². The van der Waals surface area contributed by atoms with Crippen LogP contribution in [0.4, 0.5) is 0 Å².